The van der Waals surface area contributed by atoms with Crippen molar-refractivity contribution in [2.75, 3.05) is 10.6 Å². The summed E-state index contributed by atoms with van der Waals surface area (Å²) in [7, 11) is 0. The number of rotatable bonds is 3. The number of benzene rings is 1. The lowest BCUT2D eigenvalue weighted by Crippen LogP contribution is -2.25. The van der Waals surface area contributed by atoms with Crippen molar-refractivity contribution in [2.24, 2.45) is 0 Å². The van der Waals surface area contributed by atoms with Gasteiger partial charge in [-0.1, -0.05) is 43.0 Å². The lowest BCUT2D eigenvalue weighted by Gasteiger charge is -2.28. The Kier molecular flexibility index (Phi) is 3.35. The molecular weight excluding hydrogens is 190 g/mol. The van der Waals surface area contributed by atoms with Crippen molar-refractivity contribution in [1.82, 2.24) is 0 Å². The zero-order valence-corrected chi connectivity index (χ0v) is 9.46. The molecule has 0 N–H and O–H groups in total. The van der Waals surface area contributed by atoms with Crippen molar-refractivity contribution in [3.8, 4) is 0 Å². The Balaban J connectivity index is 2.12. The first-order chi connectivity index (χ1) is 6.92. The first kappa shape index (κ1) is 9.91. The molecule has 1 saturated carbocycles. The van der Waals surface area contributed by atoms with Gasteiger partial charge in [0.05, 0.1) is 0 Å². The van der Waals surface area contributed by atoms with Gasteiger partial charge in [0.25, 0.3) is 0 Å². The smallest absolute Gasteiger partial charge is 0.0473 e. The van der Waals surface area contributed by atoms with Gasteiger partial charge in [-0.2, -0.15) is 0 Å². The molecule has 0 bridgehead atoms. The van der Waals surface area contributed by atoms with Gasteiger partial charge < -0.3 is 4.31 Å². The van der Waals surface area contributed by atoms with Crippen LogP contribution in [0.1, 0.15) is 25.7 Å². The topological polar surface area (TPSA) is 3.24 Å². The second-order valence-electron chi connectivity index (χ2n) is 3.78. The van der Waals surface area contributed by atoms with Crippen LogP contribution >= 0.6 is 11.9 Å². The zero-order valence-electron chi connectivity index (χ0n) is 8.65. The van der Waals surface area contributed by atoms with Crippen LogP contribution in [-0.4, -0.2) is 12.3 Å². The maximum absolute atomic E-state index is 2.47. The monoisotopic (exact) mass is 207 g/mol. The molecule has 0 atom stereocenters. The Morgan fingerprint density at radius 2 is 1.79 bits per heavy atom. The Bertz CT molecular complexity index is 267. The highest BCUT2D eigenvalue weighted by Crippen LogP contribution is 2.32. The highest BCUT2D eigenvalue weighted by Gasteiger charge is 2.22. The first-order valence-corrected chi connectivity index (χ1v) is 6.48. The van der Waals surface area contributed by atoms with Crippen LogP contribution in [0.3, 0.4) is 0 Å². The summed E-state index contributed by atoms with van der Waals surface area (Å²) in [4.78, 5) is 0. The second kappa shape index (κ2) is 4.74. The predicted molar refractivity (Wildman–Crippen MR) is 64.7 cm³/mol. The van der Waals surface area contributed by atoms with Crippen LogP contribution < -0.4 is 4.31 Å². The molecule has 0 unspecified atom stereocenters. The largest absolute Gasteiger partial charge is 0.313 e. The van der Waals surface area contributed by atoms with Crippen LogP contribution in [0.25, 0.3) is 0 Å². The van der Waals surface area contributed by atoms with Gasteiger partial charge in [0, 0.05) is 18.0 Å². The Morgan fingerprint density at radius 3 is 2.36 bits per heavy atom. The van der Waals surface area contributed by atoms with Gasteiger partial charge in [0.1, 0.15) is 0 Å². The van der Waals surface area contributed by atoms with Gasteiger partial charge in [-0.3, -0.25) is 0 Å². The summed E-state index contributed by atoms with van der Waals surface area (Å²) >= 11 is 1.85. The van der Waals surface area contributed by atoms with E-state index >= 15 is 0 Å². The van der Waals surface area contributed by atoms with Gasteiger partial charge in [-0.05, 0) is 25.0 Å². The van der Waals surface area contributed by atoms with E-state index in [0.29, 0.717) is 0 Å². The summed E-state index contributed by atoms with van der Waals surface area (Å²) in [5, 5.41) is 0. The van der Waals surface area contributed by atoms with Crippen LogP contribution in [0, 0.1) is 0 Å². The Morgan fingerprint density at radius 1 is 1.14 bits per heavy atom. The highest BCUT2D eigenvalue weighted by molar-refractivity contribution is 8.00. The second-order valence-corrected chi connectivity index (χ2v) is 4.54. The van der Waals surface area contributed by atoms with E-state index in [4.69, 9.17) is 0 Å². The summed E-state index contributed by atoms with van der Waals surface area (Å²) < 4.78 is 2.47. The molecule has 1 aliphatic carbocycles. The van der Waals surface area contributed by atoms with Crippen molar-refractivity contribution in [3.05, 3.63) is 30.3 Å². The molecule has 1 aromatic rings. The molecule has 0 aliphatic heterocycles. The molecule has 0 amide bonds. The predicted octanol–water partition coefficient (Wildman–Crippen LogP) is 3.71. The van der Waals surface area contributed by atoms with Crippen LogP contribution in [-0.2, 0) is 0 Å². The van der Waals surface area contributed by atoms with Gasteiger partial charge in [0.15, 0.2) is 0 Å². The number of hydrogen-bond acceptors (Lipinski definition) is 2. The van der Waals surface area contributed by atoms with Gasteiger partial charge in [-0.15, -0.1) is 0 Å². The van der Waals surface area contributed by atoms with Crippen LogP contribution in [0.4, 0.5) is 5.69 Å². The third kappa shape index (κ3) is 2.06. The first-order valence-electron chi connectivity index (χ1n) is 5.30. The minimum Gasteiger partial charge on any atom is -0.313 e. The lowest BCUT2D eigenvalue weighted by atomic mass is 10.2. The number of para-hydroxylation sites is 1. The third-order valence-electron chi connectivity index (χ3n) is 2.86. The van der Waals surface area contributed by atoms with E-state index in [0.717, 1.165) is 6.04 Å². The van der Waals surface area contributed by atoms with E-state index in [1.54, 1.807) is 0 Å². The summed E-state index contributed by atoms with van der Waals surface area (Å²) in [6.07, 6.45) is 7.68. The third-order valence-corrected chi connectivity index (χ3v) is 3.77. The summed E-state index contributed by atoms with van der Waals surface area (Å²) in [5.74, 6) is 0. The van der Waals surface area contributed by atoms with E-state index < -0.39 is 0 Å². The molecule has 2 rings (SSSR count). The summed E-state index contributed by atoms with van der Waals surface area (Å²) in [5.41, 5.74) is 1.35. The van der Waals surface area contributed by atoms with Crippen molar-refractivity contribution in [3.63, 3.8) is 0 Å². The van der Waals surface area contributed by atoms with E-state index in [1.807, 2.05) is 11.9 Å². The fourth-order valence-electron chi connectivity index (χ4n) is 2.18. The van der Waals surface area contributed by atoms with E-state index in [-0.39, 0.29) is 0 Å². The van der Waals surface area contributed by atoms with Gasteiger partial charge >= 0.3 is 0 Å². The summed E-state index contributed by atoms with van der Waals surface area (Å²) in [6.45, 7) is 0. The molecular formula is C12H17NS. The molecule has 1 nitrogen and oxygen atoms in total. The Hall–Kier alpha value is -0.630. The maximum atomic E-state index is 2.47. The van der Waals surface area contributed by atoms with Crippen LogP contribution in [0.15, 0.2) is 30.3 Å². The molecule has 0 heterocycles. The quantitative estimate of drug-likeness (QED) is 0.695. The molecule has 1 aromatic carbocycles. The summed E-state index contributed by atoms with van der Waals surface area (Å²) in [6, 6.07) is 11.5. The van der Waals surface area contributed by atoms with E-state index in [2.05, 4.69) is 40.9 Å². The normalized spacial score (nSPS) is 17.2. The van der Waals surface area contributed by atoms with Gasteiger partial charge in [0.2, 0.25) is 0 Å². The SMILES string of the molecule is CSN(c1ccccc1)C1CCCC1. The fraction of sp³-hybridized carbons (Fsp3) is 0.500. The van der Waals surface area contributed by atoms with Crippen LogP contribution in [0.2, 0.25) is 0 Å². The molecule has 2 heteroatoms. The highest BCUT2D eigenvalue weighted by atomic mass is 32.2. The van der Waals surface area contributed by atoms with E-state index in [1.165, 1.54) is 31.4 Å². The number of anilines is 1. The zero-order chi connectivity index (χ0) is 9.80. The molecule has 0 aromatic heterocycles. The Labute approximate surface area is 90.6 Å². The molecule has 1 aliphatic rings. The minimum absolute atomic E-state index is 0.757. The molecule has 14 heavy (non-hydrogen) atoms. The lowest BCUT2D eigenvalue weighted by molar-refractivity contribution is 0.711. The van der Waals surface area contributed by atoms with E-state index in [9.17, 15) is 0 Å². The van der Waals surface area contributed by atoms with Crippen molar-refractivity contribution < 1.29 is 0 Å². The standard InChI is InChI=1S/C12H17NS/c1-14-13(12-9-5-6-10-12)11-7-3-2-4-8-11/h2-4,7-8,12H,5-6,9-10H2,1H3. The molecule has 0 saturated heterocycles. The molecule has 0 spiro atoms. The fourth-order valence-corrected chi connectivity index (χ4v) is 3.02. The minimum atomic E-state index is 0.757. The molecule has 76 valence electrons. The average Bonchev–Trinajstić information content (AvgIpc) is 2.74. The van der Waals surface area contributed by atoms with Crippen molar-refractivity contribution in [2.45, 2.75) is 31.7 Å². The number of hydrogen-bond donors (Lipinski definition) is 0. The van der Waals surface area contributed by atoms with Crippen LogP contribution in [0.5, 0.6) is 0 Å². The molecule has 0 radical (unpaired) electrons. The van der Waals surface area contributed by atoms with Crippen molar-refractivity contribution in [1.29, 1.82) is 0 Å². The average molecular weight is 207 g/mol. The number of nitrogens with zero attached hydrogens (tertiary/aromatic N) is 1. The van der Waals surface area contributed by atoms with Gasteiger partial charge in [-0.25, -0.2) is 0 Å². The maximum Gasteiger partial charge on any atom is 0.0473 e. The van der Waals surface area contributed by atoms with Crippen molar-refractivity contribution >= 4 is 17.6 Å². The molecule has 1 fully saturated rings.